The van der Waals surface area contributed by atoms with Gasteiger partial charge < -0.3 is 4.90 Å². The Morgan fingerprint density at radius 2 is 2.06 bits per heavy atom. The van der Waals surface area contributed by atoms with Crippen molar-refractivity contribution in [1.29, 1.82) is 0 Å². The molecule has 0 aliphatic carbocycles. The minimum absolute atomic E-state index is 0.00134. The molecule has 0 radical (unpaired) electrons. The van der Waals surface area contributed by atoms with Crippen molar-refractivity contribution in [2.45, 2.75) is 16.7 Å². The van der Waals surface area contributed by atoms with E-state index >= 15 is 0 Å². The lowest BCUT2D eigenvalue weighted by Gasteiger charge is -2.20. The van der Waals surface area contributed by atoms with E-state index in [2.05, 4.69) is 25.0 Å². The highest BCUT2D eigenvalue weighted by Gasteiger charge is 2.13. The smallest absolute Gasteiger partial charge is 0.0650 e. The maximum atomic E-state index is 6.43. The maximum Gasteiger partial charge on any atom is 0.0650 e. The summed E-state index contributed by atoms with van der Waals surface area (Å²) in [7, 11) is 3.98. The Balaban J connectivity index is 2.80. The topological polar surface area (TPSA) is 3.24 Å². The van der Waals surface area contributed by atoms with Gasteiger partial charge in [-0.05, 0) is 17.9 Å². The zero-order valence-electron chi connectivity index (χ0n) is 10.0. The first kappa shape index (κ1) is 13.5. The molecule has 1 aromatic carbocycles. The summed E-state index contributed by atoms with van der Waals surface area (Å²) in [5.41, 5.74) is 2.25. The van der Waals surface area contributed by atoms with E-state index in [4.69, 9.17) is 11.6 Å². The van der Waals surface area contributed by atoms with Crippen LogP contribution in [0.1, 0.15) is 17.4 Å². The second kappa shape index (κ2) is 6.21. The Labute approximate surface area is 107 Å². The molecular formula is C13H18ClNS. The van der Waals surface area contributed by atoms with Gasteiger partial charge in [-0.2, -0.15) is 0 Å². The third-order valence-corrected chi connectivity index (χ3v) is 3.72. The van der Waals surface area contributed by atoms with Crippen LogP contribution in [-0.2, 0) is 0 Å². The molecule has 0 aromatic heterocycles. The van der Waals surface area contributed by atoms with Crippen LogP contribution in [0.2, 0.25) is 0 Å². The van der Waals surface area contributed by atoms with Crippen LogP contribution in [0.3, 0.4) is 0 Å². The number of rotatable bonds is 5. The van der Waals surface area contributed by atoms with Gasteiger partial charge in [-0.3, -0.25) is 0 Å². The summed E-state index contributed by atoms with van der Waals surface area (Å²) >= 11 is 8.16. The molecule has 0 N–H and O–H groups in total. The largest absolute Gasteiger partial charge is 0.381 e. The highest BCUT2D eigenvalue weighted by Crippen LogP contribution is 2.33. The fourth-order valence-electron chi connectivity index (χ4n) is 1.42. The number of hydrogen-bond acceptors (Lipinski definition) is 2. The number of alkyl halides is 1. The number of hydrogen-bond donors (Lipinski definition) is 0. The highest BCUT2D eigenvalue weighted by molar-refractivity contribution is 7.98. The van der Waals surface area contributed by atoms with Crippen LogP contribution in [0, 0.1) is 0 Å². The van der Waals surface area contributed by atoms with E-state index in [0.717, 1.165) is 12.1 Å². The molecule has 0 unspecified atom stereocenters. The van der Waals surface area contributed by atoms with Gasteiger partial charge in [-0.15, -0.1) is 23.4 Å². The molecule has 1 aromatic rings. The number of thioether (sulfide) groups is 1. The Kier molecular flexibility index (Phi) is 5.23. The van der Waals surface area contributed by atoms with Crippen molar-refractivity contribution in [3.63, 3.8) is 0 Å². The lowest BCUT2D eigenvalue weighted by molar-refractivity contribution is 0.486. The van der Waals surface area contributed by atoms with Gasteiger partial charge in [0.1, 0.15) is 0 Å². The van der Waals surface area contributed by atoms with Crippen LogP contribution in [0.15, 0.2) is 41.4 Å². The molecule has 88 valence electrons. The van der Waals surface area contributed by atoms with Crippen LogP contribution < -0.4 is 0 Å². The molecule has 0 amide bonds. The minimum Gasteiger partial charge on any atom is -0.381 e. The number of nitrogens with zero attached hydrogens (tertiary/aromatic N) is 1. The lowest BCUT2D eigenvalue weighted by atomic mass is 10.1. The van der Waals surface area contributed by atoms with Crippen molar-refractivity contribution in [1.82, 2.24) is 4.90 Å². The minimum atomic E-state index is -0.00134. The number of halogens is 1. The summed E-state index contributed by atoms with van der Waals surface area (Å²) in [6.45, 7) is 4.01. The quantitative estimate of drug-likeness (QED) is 0.574. The summed E-state index contributed by atoms with van der Waals surface area (Å²) in [5.74, 6) is 0. The van der Waals surface area contributed by atoms with E-state index in [1.54, 1.807) is 11.8 Å². The first-order valence-electron chi connectivity index (χ1n) is 5.18. The third kappa shape index (κ3) is 3.46. The van der Waals surface area contributed by atoms with E-state index in [1.807, 2.05) is 31.1 Å². The van der Waals surface area contributed by atoms with Crippen molar-refractivity contribution < 1.29 is 0 Å². The molecule has 1 nitrogen and oxygen atoms in total. The standard InChI is InChI=1S/C13H18ClNS/c1-10(15(2)3)9-12(14)11-7-5-6-8-13(11)16-4/h5-8,12H,1,9H2,2-4H3/t12-/m0/s1. The number of allylic oxidation sites excluding steroid dienone is 1. The fraction of sp³-hybridized carbons (Fsp3) is 0.385. The number of benzene rings is 1. The molecule has 0 aliphatic rings. The molecule has 0 saturated carbocycles. The predicted molar refractivity (Wildman–Crippen MR) is 74.3 cm³/mol. The Morgan fingerprint density at radius 1 is 1.44 bits per heavy atom. The van der Waals surface area contributed by atoms with Gasteiger partial charge in [0, 0.05) is 31.1 Å². The van der Waals surface area contributed by atoms with Crippen LogP contribution in [-0.4, -0.2) is 25.3 Å². The van der Waals surface area contributed by atoms with E-state index in [9.17, 15) is 0 Å². The molecule has 0 fully saturated rings. The Bertz CT molecular complexity index is 363. The van der Waals surface area contributed by atoms with Crippen molar-refractivity contribution in [3.05, 3.63) is 42.1 Å². The van der Waals surface area contributed by atoms with Crippen LogP contribution >= 0.6 is 23.4 Å². The normalized spacial score (nSPS) is 12.2. The van der Waals surface area contributed by atoms with E-state index < -0.39 is 0 Å². The average Bonchev–Trinajstić information content (AvgIpc) is 2.28. The first-order valence-corrected chi connectivity index (χ1v) is 6.84. The summed E-state index contributed by atoms with van der Waals surface area (Å²) < 4.78 is 0. The second-order valence-electron chi connectivity index (χ2n) is 3.87. The van der Waals surface area contributed by atoms with Gasteiger partial charge >= 0.3 is 0 Å². The van der Waals surface area contributed by atoms with Crippen LogP contribution in [0.25, 0.3) is 0 Å². The fourth-order valence-corrected chi connectivity index (χ4v) is 2.52. The Morgan fingerprint density at radius 3 is 2.62 bits per heavy atom. The van der Waals surface area contributed by atoms with E-state index in [-0.39, 0.29) is 5.38 Å². The van der Waals surface area contributed by atoms with Gasteiger partial charge in [0.2, 0.25) is 0 Å². The van der Waals surface area contributed by atoms with E-state index in [1.165, 1.54) is 10.5 Å². The molecule has 16 heavy (non-hydrogen) atoms. The monoisotopic (exact) mass is 255 g/mol. The van der Waals surface area contributed by atoms with Gasteiger partial charge in [0.25, 0.3) is 0 Å². The maximum absolute atomic E-state index is 6.43. The van der Waals surface area contributed by atoms with Crippen molar-refractivity contribution in [3.8, 4) is 0 Å². The van der Waals surface area contributed by atoms with Crippen LogP contribution in [0.5, 0.6) is 0 Å². The van der Waals surface area contributed by atoms with Crippen molar-refractivity contribution >= 4 is 23.4 Å². The molecule has 0 spiro atoms. The van der Waals surface area contributed by atoms with E-state index in [0.29, 0.717) is 0 Å². The second-order valence-corrected chi connectivity index (χ2v) is 5.25. The summed E-state index contributed by atoms with van der Waals surface area (Å²) in [6, 6.07) is 8.27. The Hall–Kier alpha value is -0.600. The SMILES string of the molecule is C=C(C[C@H](Cl)c1ccccc1SC)N(C)C. The van der Waals surface area contributed by atoms with Crippen molar-refractivity contribution in [2.75, 3.05) is 20.4 Å². The molecule has 0 saturated heterocycles. The molecule has 0 heterocycles. The molecule has 1 rings (SSSR count). The zero-order valence-corrected chi connectivity index (χ0v) is 11.6. The molecule has 3 heteroatoms. The van der Waals surface area contributed by atoms with Gasteiger partial charge in [-0.25, -0.2) is 0 Å². The molecule has 0 aliphatic heterocycles. The average molecular weight is 256 g/mol. The van der Waals surface area contributed by atoms with Crippen LogP contribution in [0.4, 0.5) is 0 Å². The molecule has 0 bridgehead atoms. The van der Waals surface area contributed by atoms with Gasteiger partial charge in [-0.1, -0.05) is 24.8 Å². The molecule has 1 atom stereocenters. The third-order valence-electron chi connectivity index (χ3n) is 2.52. The zero-order chi connectivity index (χ0) is 12.1. The lowest BCUT2D eigenvalue weighted by Crippen LogP contribution is -2.11. The summed E-state index contributed by atoms with van der Waals surface area (Å²) in [5, 5.41) is -0.00134. The highest BCUT2D eigenvalue weighted by atomic mass is 35.5. The predicted octanol–water partition coefficient (Wildman–Crippen LogP) is 4.15. The van der Waals surface area contributed by atoms with Gasteiger partial charge in [0.15, 0.2) is 0 Å². The first-order chi connectivity index (χ1) is 7.56. The van der Waals surface area contributed by atoms with Gasteiger partial charge in [0.05, 0.1) is 5.38 Å². The summed E-state index contributed by atoms with van der Waals surface area (Å²) in [4.78, 5) is 3.26. The molecular weight excluding hydrogens is 238 g/mol. The van der Waals surface area contributed by atoms with Crippen molar-refractivity contribution in [2.24, 2.45) is 0 Å². The summed E-state index contributed by atoms with van der Waals surface area (Å²) in [6.07, 6.45) is 2.86.